The van der Waals surface area contributed by atoms with E-state index in [0.717, 1.165) is 19.3 Å². The maximum atomic E-state index is 12.7. The van der Waals surface area contributed by atoms with Crippen LogP contribution in [0.25, 0.3) is 0 Å². The lowest BCUT2D eigenvalue weighted by atomic mass is 10.0. The van der Waals surface area contributed by atoms with E-state index in [4.69, 9.17) is 4.74 Å². The van der Waals surface area contributed by atoms with Gasteiger partial charge in [-0.2, -0.15) is 4.31 Å². The molecule has 1 heterocycles. The Morgan fingerprint density at radius 1 is 1.26 bits per heavy atom. The van der Waals surface area contributed by atoms with Crippen LogP contribution in [0.2, 0.25) is 0 Å². The third kappa shape index (κ3) is 5.03. The molecule has 5 heteroatoms. The average molecular weight is 340 g/mol. The van der Waals surface area contributed by atoms with E-state index < -0.39 is 15.6 Å². The van der Waals surface area contributed by atoms with Crippen molar-refractivity contribution in [3.63, 3.8) is 0 Å². The van der Waals surface area contributed by atoms with Gasteiger partial charge in [0.1, 0.15) is 0 Å². The second-order valence-corrected chi connectivity index (χ2v) is 8.98. The van der Waals surface area contributed by atoms with Gasteiger partial charge in [-0.15, -0.1) is 0 Å². The van der Waals surface area contributed by atoms with Crippen molar-refractivity contribution in [3.8, 4) is 0 Å². The molecule has 2 rings (SSSR count). The van der Waals surface area contributed by atoms with Crippen molar-refractivity contribution >= 4 is 10.0 Å². The molecule has 130 valence electrons. The molecular weight excluding hydrogens is 310 g/mol. The first-order chi connectivity index (χ1) is 10.8. The molecule has 1 aliphatic heterocycles. The summed E-state index contributed by atoms with van der Waals surface area (Å²) in [6.07, 6.45) is 3.33. The zero-order valence-electron chi connectivity index (χ0n) is 14.5. The van der Waals surface area contributed by atoms with Crippen LogP contribution in [0.15, 0.2) is 30.3 Å². The maximum Gasteiger partial charge on any atom is 0.214 e. The van der Waals surface area contributed by atoms with Gasteiger partial charge in [-0.25, -0.2) is 8.42 Å². The van der Waals surface area contributed by atoms with E-state index >= 15 is 0 Å². The molecule has 1 saturated heterocycles. The zero-order chi connectivity index (χ0) is 16.9. The summed E-state index contributed by atoms with van der Waals surface area (Å²) in [5.74, 6) is 0.234. The number of morpholine rings is 1. The molecule has 0 radical (unpaired) electrons. The molecule has 0 amide bonds. The average Bonchev–Trinajstić information content (AvgIpc) is 2.52. The predicted molar refractivity (Wildman–Crippen MR) is 94.0 cm³/mol. The number of benzene rings is 1. The molecule has 1 unspecified atom stereocenters. The molecule has 1 aromatic rings. The van der Waals surface area contributed by atoms with Crippen LogP contribution in [0.5, 0.6) is 0 Å². The van der Waals surface area contributed by atoms with Gasteiger partial charge in [-0.3, -0.25) is 0 Å². The van der Waals surface area contributed by atoms with E-state index in [1.165, 1.54) is 5.56 Å². The third-order valence-electron chi connectivity index (χ3n) is 4.41. The molecular formula is C18H29NO3S. The van der Waals surface area contributed by atoms with Crippen LogP contribution in [0.3, 0.4) is 0 Å². The number of hydrogen-bond acceptors (Lipinski definition) is 3. The predicted octanol–water partition coefficient (Wildman–Crippen LogP) is 3.23. The van der Waals surface area contributed by atoms with Crippen molar-refractivity contribution in [1.82, 2.24) is 4.31 Å². The van der Waals surface area contributed by atoms with E-state index in [9.17, 15) is 8.42 Å². The van der Waals surface area contributed by atoms with Gasteiger partial charge in [0.05, 0.1) is 24.0 Å². The number of aryl methyl sites for hydroxylation is 1. The molecule has 1 atom stereocenters. The summed E-state index contributed by atoms with van der Waals surface area (Å²) >= 11 is 0. The lowest BCUT2D eigenvalue weighted by Gasteiger charge is -2.44. The largest absolute Gasteiger partial charge is 0.375 e. The van der Waals surface area contributed by atoms with Gasteiger partial charge in [0.2, 0.25) is 10.0 Å². The fourth-order valence-electron chi connectivity index (χ4n) is 2.95. The van der Waals surface area contributed by atoms with Crippen LogP contribution in [0.1, 0.15) is 45.6 Å². The summed E-state index contributed by atoms with van der Waals surface area (Å²) in [5.41, 5.74) is 0.803. The van der Waals surface area contributed by atoms with Crippen LogP contribution < -0.4 is 0 Å². The summed E-state index contributed by atoms with van der Waals surface area (Å²) in [5, 5.41) is 0. The second-order valence-electron chi connectivity index (χ2n) is 6.97. The lowest BCUT2D eigenvalue weighted by Crippen LogP contribution is -2.58. The highest BCUT2D eigenvalue weighted by atomic mass is 32.2. The first-order valence-corrected chi connectivity index (χ1v) is 10.1. The molecule has 1 fully saturated rings. The van der Waals surface area contributed by atoms with Crippen LogP contribution >= 0.6 is 0 Å². The number of ether oxygens (including phenoxy) is 1. The lowest BCUT2D eigenvalue weighted by molar-refractivity contribution is -0.0662. The number of unbranched alkanes of at least 4 members (excludes halogenated alkanes) is 1. The Balaban J connectivity index is 2.00. The molecule has 4 nitrogen and oxygen atoms in total. The van der Waals surface area contributed by atoms with Gasteiger partial charge in [0.15, 0.2) is 0 Å². The number of nitrogens with zero attached hydrogens (tertiary/aromatic N) is 1. The molecule has 0 spiro atoms. The Bertz CT molecular complexity index is 584. The topological polar surface area (TPSA) is 46.6 Å². The standard InChI is InChI=1S/C18H29NO3S/c1-4-5-13-23(20,21)19-14-17(22-15-18(19,2)3)12-11-16-9-7-6-8-10-16/h6-10,17H,4-5,11-15H2,1-3H3. The Morgan fingerprint density at radius 2 is 1.96 bits per heavy atom. The monoisotopic (exact) mass is 339 g/mol. The summed E-state index contributed by atoms with van der Waals surface area (Å²) in [4.78, 5) is 0. The smallest absolute Gasteiger partial charge is 0.214 e. The second kappa shape index (κ2) is 7.77. The number of rotatable bonds is 7. The molecule has 1 aromatic carbocycles. The molecule has 0 aromatic heterocycles. The Kier molecular flexibility index (Phi) is 6.23. The van der Waals surface area contributed by atoms with Crippen LogP contribution in [-0.2, 0) is 21.2 Å². The highest BCUT2D eigenvalue weighted by Crippen LogP contribution is 2.27. The van der Waals surface area contributed by atoms with E-state index in [2.05, 4.69) is 12.1 Å². The fraction of sp³-hybridized carbons (Fsp3) is 0.667. The Morgan fingerprint density at radius 3 is 2.61 bits per heavy atom. The van der Waals surface area contributed by atoms with E-state index in [1.54, 1.807) is 4.31 Å². The number of hydrogen-bond donors (Lipinski definition) is 0. The van der Waals surface area contributed by atoms with E-state index in [-0.39, 0.29) is 11.9 Å². The molecule has 0 saturated carbocycles. The zero-order valence-corrected chi connectivity index (χ0v) is 15.3. The minimum absolute atomic E-state index is 0.0281. The normalized spacial score (nSPS) is 22.1. The van der Waals surface area contributed by atoms with Crippen LogP contribution in [0, 0.1) is 0 Å². The molecule has 0 N–H and O–H groups in total. The highest BCUT2D eigenvalue weighted by Gasteiger charge is 2.41. The minimum atomic E-state index is -3.22. The summed E-state index contributed by atoms with van der Waals surface area (Å²) in [6.45, 7) is 6.83. The molecule has 23 heavy (non-hydrogen) atoms. The molecule has 0 aliphatic carbocycles. The van der Waals surface area contributed by atoms with Crippen molar-refractivity contribution in [2.75, 3.05) is 18.9 Å². The SMILES string of the molecule is CCCCS(=O)(=O)N1CC(CCc2ccccc2)OCC1(C)C. The first-order valence-electron chi connectivity index (χ1n) is 8.51. The van der Waals surface area contributed by atoms with E-state index in [1.807, 2.05) is 39.0 Å². The van der Waals surface area contributed by atoms with Gasteiger partial charge < -0.3 is 4.74 Å². The Hall–Kier alpha value is -0.910. The summed E-state index contributed by atoms with van der Waals surface area (Å²) < 4.78 is 32.9. The molecule has 1 aliphatic rings. The van der Waals surface area contributed by atoms with Crippen molar-refractivity contribution in [1.29, 1.82) is 0 Å². The van der Waals surface area contributed by atoms with Gasteiger partial charge in [0, 0.05) is 6.54 Å². The number of sulfonamides is 1. The van der Waals surface area contributed by atoms with Gasteiger partial charge >= 0.3 is 0 Å². The van der Waals surface area contributed by atoms with Crippen molar-refractivity contribution in [2.24, 2.45) is 0 Å². The quantitative estimate of drug-likeness (QED) is 0.766. The maximum absolute atomic E-state index is 12.7. The fourth-order valence-corrected chi connectivity index (χ4v) is 5.03. The first kappa shape index (κ1) is 18.4. The van der Waals surface area contributed by atoms with Crippen molar-refractivity contribution < 1.29 is 13.2 Å². The van der Waals surface area contributed by atoms with Crippen LogP contribution in [-0.4, -0.2) is 43.3 Å². The highest BCUT2D eigenvalue weighted by molar-refractivity contribution is 7.89. The summed E-state index contributed by atoms with van der Waals surface area (Å²) in [7, 11) is -3.22. The van der Waals surface area contributed by atoms with Gasteiger partial charge in [-0.05, 0) is 38.7 Å². The van der Waals surface area contributed by atoms with Crippen molar-refractivity contribution in [3.05, 3.63) is 35.9 Å². The van der Waals surface area contributed by atoms with Gasteiger partial charge in [-0.1, -0.05) is 43.7 Å². The Labute approximate surface area is 140 Å². The van der Waals surface area contributed by atoms with Gasteiger partial charge in [0.25, 0.3) is 0 Å². The third-order valence-corrected chi connectivity index (χ3v) is 6.53. The molecule has 0 bridgehead atoms. The van der Waals surface area contributed by atoms with Crippen LogP contribution in [0.4, 0.5) is 0 Å². The minimum Gasteiger partial charge on any atom is -0.375 e. The van der Waals surface area contributed by atoms with Crippen molar-refractivity contribution in [2.45, 2.75) is 58.1 Å². The summed E-state index contributed by atoms with van der Waals surface area (Å²) in [6, 6.07) is 10.3. The van der Waals surface area contributed by atoms with E-state index in [0.29, 0.717) is 19.6 Å².